The van der Waals surface area contributed by atoms with Crippen LogP contribution in [0.25, 0.3) is 0 Å². The molecule has 0 bridgehead atoms. The van der Waals surface area contributed by atoms with Crippen molar-refractivity contribution in [3.8, 4) is 6.07 Å². The summed E-state index contributed by atoms with van der Waals surface area (Å²) < 4.78 is 0.681. The molecule has 3 nitrogen and oxygen atoms in total. The summed E-state index contributed by atoms with van der Waals surface area (Å²) in [5, 5.41) is 12.9. The molecule has 5 heteroatoms. The summed E-state index contributed by atoms with van der Waals surface area (Å²) in [5.41, 5.74) is -0.355. The minimum absolute atomic E-state index is 0.275. The van der Waals surface area contributed by atoms with E-state index in [1.54, 1.807) is 18.2 Å². The van der Waals surface area contributed by atoms with Crippen LogP contribution in [0, 0.1) is 11.3 Å². The van der Waals surface area contributed by atoms with Gasteiger partial charge in [0.1, 0.15) is 5.54 Å². The van der Waals surface area contributed by atoms with Crippen LogP contribution in [0.3, 0.4) is 0 Å². The normalized spacial score (nSPS) is 18.1. The van der Waals surface area contributed by atoms with Crippen LogP contribution in [0.4, 0.5) is 0 Å². The molecule has 1 fully saturated rings. The zero-order chi connectivity index (χ0) is 15.3. The van der Waals surface area contributed by atoms with E-state index in [1.165, 1.54) is 6.42 Å². The Kier molecular flexibility index (Phi) is 5.66. The van der Waals surface area contributed by atoms with Gasteiger partial charge < -0.3 is 5.32 Å². The molecule has 0 saturated heterocycles. The molecule has 0 spiro atoms. The molecule has 1 aromatic carbocycles. The lowest BCUT2D eigenvalue weighted by Gasteiger charge is -2.30. The van der Waals surface area contributed by atoms with Crippen molar-refractivity contribution in [1.82, 2.24) is 5.32 Å². The largest absolute Gasteiger partial charge is 0.334 e. The first kappa shape index (κ1) is 16.3. The van der Waals surface area contributed by atoms with E-state index in [0.29, 0.717) is 27.9 Å². The van der Waals surface area contributed by atoms with Gasteiger partial charge in [0.2, 0.25) is 0 Å². The number of hydrogen-bond acceptors (Lipinski definition) is 2. The first-order chi connectivity index (χ1) is 10.1. The molecule has 0 aliphatic heterocycles. The number of amides is 1. The van der Waals surface area contributed by atoms with Crippen LogP contribution < -0.4 is 5.32 Å². The summed E-state index contributed by atoms with van der Waals surface area (Å²) in [6.07, 6.45) is 6.82. The van der Waals surface area contributed by atoms with E-state index in [1.807, 2.05) is 0 Å². The van der Waals surface area contributed by atoms with E-state index in [0.717, 1.165) is 25.7 Å². The number of nitrogens with zero attached hydrogens (tertiary/aromatic N) is 1. The average molecular weight is 370 g/mol. The highest BCUT2D eigenvalue weighted by atomic mass is 79.9. The maximum Gasteiger partial charge on any atom is 0.254 e. The minimum Gasteiger partial charge on any atom is -0.334 e. The van der Waals surface area contributed by atoms with Gasteiger partial charge >= 0.3 is 0 Å². The predicted molar refractivity (Wildman–Crippen MR) is 87.3 cm³/mol. The second-order valence-electron chi connectivity index (χ2n) is 5.52. The molecule has 0 aromatic heterocycles. The van der Waals surface area contributed by atoms with Gasteiger partial charge in [0.05, 0.1) is 16.7 Å². The van der Waals surface area contributed by atoms with Crippen LogP contribution in [0.2, 0.25) is 5.02 Å². The van der Waals surface area contributed by atoms with Crippen molar-refractivity contribution < 1.29 is 4.79 Å². The number of nitriles is 1. The van der Waals surface area contributed by atoms with E-state index in [4.69, 9.17) is 11.6 Å². The molecule has 0 heterocycles. The average Bonchev–Trinajstić information content (AvgIpc) is 2.45. The van der Waals surface area contributed by atoms with Gasteiger partial charge in [-0.2, -0.15) is 5.26 Å². The number of nitrogens with one attached hydrogen (secondary N) is 1. The van der Waals surface area contributed by atoms with Crippen LogP contribution in [0.15, 0.2) is 22.7 Å². The Morgan fingerprint density at radius 1 is 1.24 bits per heavy atom. The Hall–Kier alpha value is -1.05. The zero-order valence-electron chi connectivity index (χ0n) is 11.8. The number of benzene rings is 1. The fraction of sp³-hybridized carbons (Fsp3) is 0.500. The molecule has 1 aromatic rings. The van der Waals surface area contributed by atoms with Gasteiger partial charge in [-0.1, -0.05) is 49.8 Å². The van der Waals surface area contributed by atoms with Crippen molar-refractivity contribution in [2.45, 2.75) is 50.5 Å². The highest BCUT2D eigenvalue weighted by Gasteiger charge is 2.32. The van der Waals surface area contributed by atoms with Crippen molar-refractivity contribution in [3.05, 3.63) is 33.3 Å². The van der Waals surface area contributed by atoms with E-state index in [2.05, 4.69) is 27.3 Å². The maximum atomic E-state index is 12.5. The predicted octanol–water partition coefficient (Wildman–Crippen LogP) is 4.84. The smallest absolute Gasteiger partial charge is 0.254 e. The van der Waals surface area contributed by atoms with Crippen molar-refractivity contribution in [2.24, 2.45) is 0 Å². The van der Waals surface area contributed by atoms with E-state index < -0.39 is 5.54 Å². The van der Waals surface area contributed by atoms with Crippen molar-refractivity contribution in [3.63, 3.8) is 0 Å². The molecule has 1 amide bonds. The van der Waals surface area contributed by atoms with Crippen LogP contribution in [0.5, 0.6) is 0 Å². The third kappa shape index (κ3) is 3.99. The lowest BCUT2D eigenvalue weighted by molar-refractivity contribution is 0.0908. The lowest BCUT2D eigenvalue weighted by atomic mass is 9.85. The van der Waals surface area contributed by atoms with Gasteiger partial charge in [-0.05, 0) is 40.9 Å². The number of carbonyl (C=O) groups is 1. The molecule has 1 aliphatic carbocycles. The molecule has 2 rings (SSSR count). The second kappa shape index (κ2) is 7.29. The number of halogens is 2. The number of hydrogen-bond donors (Lipinski definition) is 1. The van der Waals surface area contributed by atoms with E-state index >= 15 is 0 Å². The Morgan fingerprint density at radius 2 is 1.86 bits per heavy atom. The molecule has 0 atom stereocenters. The third-order valence-electron chi connectivity index (χ3n) is 3.97. The lowest BCUT2D eigenvalue weighted by Crippen LogP contribution is -2.47. The van der Waals surface area contributed by atoms with E-state index in [9.17, 15) is 10.1 Å². The summed E-state index contributed by atoms with van der Waals surface area (Å²) in [7, 11) is 0. The van der Waals surface area contributed by atoms with Gasteiger partial charge in [-0.25, -0.2) is 0 Å². The Balaban J connectivity index is 2.19. The fourth-order valence-corrected chi connectivity index (χ4v) is 3.32. The van der Waals surface area contributed by atoms with Crippen molar-refractivity contribution in [1.29, 1.82) is 5.26 Å². The number of carbonyl (C=O) groups excluding carboxylic acids is 1. The van der Waals surface area contributed by atoms with Gasteiger partial charge in [0.15, 0.2) is 0 Å². The number of rotatable bonds is 2. The molecular formula is C16H18BrClN2O. The van der Waals surface area contributed by atoms with Crippen LogP contribution in [-0.4, -0.2) is 11.4 Å². The molecule has 1 N–H and O–H groups in total. The van der Waals surface area contributed by atoms with Crippen molar-refractivity contribution >= 4 is 33.4 Å². The van der Waals surface area contributed by atoms with Crippen molar-refractivity contribution in [2.75, 3.05) is 0 Å². The van der Waals surface area contributed by atoms with Gasteiger partial charge in [-0.15, -0.1) is 0 Å². The zero-order valence-corrected chi connectivity index (χ0v) is 14.1. The van der Waals surface area contributed by atoms with Crippen LogP contribution in [0.1, 0.15) is 55.3 Å². The topological polar surface area (TPSA) is 52.9 Å². The third-order valence-corrected chi connectivity index (χ3v) is 5.27. The minimum atomic E-state index is -0.761. The Labute approximate surface area is 138 Å². The Morgan fingerprint density at radius 3 is 2.48 bits per heavy atom. The summed E-state index contributed by atoms with van der Waals surface area (Å²) in [5.74, 6) is -0.275. The fourth-order valence-electron chi connectivity index (χ4n) is 2.74. The summed E-state index contributed by atoms with van der Waals surface area (Å²) in [6.45, 7) is 0. The maximum absolute atomic E-state index is 12.5. The summed E-state index contributed by atoms with van der Waals surface area (Å²) in [6, 6.07) is 7.56. The highest BCUT2D eigenvalue weighted by molar-refractivity contribution is 9.10. The van der Waals surface area contributed by atoms with E-state index in [-0.39, 0.29) is 5.91 Å². The Bertz CT molecular complexity index is 560. The first-order valence-corrected chi connectivity index (χ1v) is 8.43. The van der Waals surface area contributed by atoms with Gasteiger partial charge in [0, 0.05) is 4.47 Å². The quantitative estimate of drug-likeness (QED) is 0.811. The van der Waals surface area contributed by atoms with Gasteiger partial charge in [0.25, 0.3) is 5.91 Å². The standard InChI is InChI=1S/C16H18BrClN2O/c17-13-8-6-7-12(14(13)18)15(21)20-16(11-19)9-4-2-1-3-5-10-16/h6-8H,1-5,9-10H2,(H,20,21). The molecule has 1 aliphatic rings. The molecule has 0 unspecified atom stereocenters. The van der Waals surface area contributed by atoms with Gasteiger partial charge in [-0.3, -0.25) is 4.79 Å². The monoisotopic (exact) mass is 368 g/mol. The molecule has 0 radical (unpaired) electrons. The second-order valence-corrected chi connectivity index (χ2v) is 6.75. The SMILES string of the molecule is N#CC1(NC(=O)c2cccc(Br)c2Cl)CCCCCCC1. The molecule has 112 valence electrons. The summed E-state index contributed by atoms with van der Waals surface area (Å²) in [4.78, 5) is 12.5. The molecule has 21 heavy (non-hydrogen) atoms. The first-order valence-electron chi connectivity index (χ1n) is 7.26. The van der Waals surface area contributed by atoms with Crippen LogP contribution >= 0.6 is 27.5 Å². The molecule has 1 saturated carbocycles. The molecular weight excluding hydrogens is 352 g/mol. The van der Waals surface area contributed by atoms with Crippen LogP contribution in [-0.2, 0) is 0 Å². The summed E-state index contributed by atoms with van der Waals surface area (Å²) >= 11 is 9.48. The highest BCUT2D eigenvalue weighted by Crippen LogP contribution is 2.29.